The number of amides is 1. The van der Waals surface area contributed by atoms with Gasteiger partial charge in [-0.15, -0.1) is 0 Å². The second-order valence-corrected chi connectivity index (χ2v) is 5.52. The van der Waals surface area contributed by atoms with Gasteiger partial charge in [0.15, 0.2) is 5.78 Å². The predicted octanol–water partition coefficient (Wildman–Crippen LogP) is 2.96. The highest BCUT2D eigenvalue weighted by Crippen LogP contribution is 2.07. The van der Waals surface area contributed by atoms with E-state index in [1.165, 1.54) is 0 Å². The highest BCUT2D eigenvalue weighted by molar-refractivity contribution is 5.94. The molecule has 1 aromatic rings. The Hall–Kier alpha value is -1.91. The third-order valence-corrected chi connectivity index (χ3v) is 2.45. The zero-order chi connectivity index (χ0) is 15.0. The molecule has 0 aliphatic carbocycles. The minimum absolute atomic E-state index is 0.0304. The van der Waals surface area contributed by atoms with Crippen LogP contribution in [-0.4, -0.2) is 29.0 Å². The molecular weight excluding hydrogens is 256 g/mol. The first kappa shape index (κ1) is 16.1. The Morgan fingerprint density at radius 1 is 1.25 bits per heavy atom. The molecule has 0 aliphatic heterocycles. The van der Waals surface area contributed by atoms with E-state index >= 15 is 0 Å². The van der Waals surface area contributed by atoms with E-state index < -0.39 is 11.7 Å². The smallest absolute Gasteiger partial charge is 0.407 e. The van der Waals surface area contributed by atoms with E-state index in [4.69, 9.17) is 4.74 Å². The summed E-state index contributed by atoms with van der Waals surface area (Å²) in [6, 6.07) is 5.28. The summed E-state index contributed by atoms with van der Waals surface area (Å²) in [7, 11) is 0. The summed E-state index contributed by atoms with van der Waals surface area (Å²) in [6.07, 6.45) is 3.07. The topological polar surface area (TPSA) is 68.3 Å². The summed E-state index contributed by atoms with van der Waals surface area (Å²) in [5.41, 5.74) is 0.00607. The Bertz CT molecular complexity index is 438. The predicted molar refractivity (Wildman–Crippen MR) is 76.7 cm³/mol. The van der Waals surface area contributed by atoms with Gasteiger partial charge in [-0.2, -0.15) is 0 Å². The van der Waals surface area contributed by atoms with Crippen molar-refractivity contribution < 1.29 is 14.3 Å². The molecule has 0 radical (unpaired) electrons. The molecule has 0 atom stereocenters. The van der Waals surface area contributed by atoms with Crippen LogP contribution >= 0.6 is 0 Å². The van der Waals surface area contributed by atoms with Crippen LogP contribution in [0.2, 0.25) is 0 Å². The second-order valence-electron chi connectivity index (χ2n) is 5.52. The van der Waals surface area contributed by atoms with Gasteiger partial charge in [-0.1, -0.05) is 6.07 Å². The fraction of sp³-hybridized carbons (Fsp3) is 0.533. The van der Waals surface area contributed by atoms with Crippen molar-refractivity contribution in [3.8, 4) is 0 Å². The fourth-order valence-electron chi connectivity index (χ4n) is 1.57. The number of alkyl carbamates (subject to hydrolysis) is 1. The van der Waals surface area contributed by atoms with Crippen molar-refractivity contribution in [1.29, 1.82) is 0 Å². The number of aromatic nitrogens is 1. The quantitative estimate of drug-likeness (QED) is 0.641. The van der Waals surface area contributed by atoms with Crippen LogP contribution in [0.3, 0.4) is 0 Å². The standard InChI is InChI=1S/C15H22N2O3/c1-15(2,3)20-14(19)17-11-7-5-9-13(18)12-8-4-6-10-16-12/h4,6,8,10H,5,7,9,11H2,1-3H3,(H,17,19). The lowest BCUT2D eigenvalue weighted by Crippen LogP contribution is -2.33. The van der Waals surface area contributed by atoms with Crippen molar-refractivity contribution in [3.05, 3.63) is 30.1 Å². The van der Waals surface area contributed by atoms with Crippen molar-refractivity contribution in [2.45, 2.75) is 45.6 Å². The number of nitrogens with one attached hydrogen (secondary N) is 1. The van der Waals surface area contributed by atoms with Gasteiger partial charge in [0.05, 0.1) is 0 Å². The Kier molecular flexibility index (Phi) is 6.15. The third kappa shape index (κ3) is 6.87. The van der Waals surface area contributed by atoms with Gasteiger partial charge in [-0.25, -0.2) is 4.79 Å². The summed E-state index contributed by atoms with van der Waals surface area (Å²) in [5.74, 6) is 0.0304. The molecule has 5 heteroatoms. The van der Waals surface area contributed by atoms with E-state index in [1.54, 1.807) is 24.4 Å². The molecule has 1 N–H and O–H groups in total. The van der Waals surface area contributed by atoms with Crippen LogP contribution < -0.4 is 5.32 Å². The number of ketones is 1. The summed E-state index contributed by atoms with van der Waals surface area (Å²) >= 11 is 0. The third-order valence-electron chi connectivity index (χ3n) is 2.45. The largest absolute Gasteiger partial charge is 0.444 e. The zero-order valence-corrected chi connectivity index (χ0v) is 12.3. The summed E-state index contributed by atoms with van der Waals surface area (Å²) in [5, 5.41) is 2.66. The minimum Gasteiger partial charge on any atom is -0.444 e. The molecule has 0 spiro atoms. The van der Waals surface area contributed by atoms with Crippen molar-refractivity contribution in [3.63, 3.8) is 0 Å². The number of carbonyl (C=O) groups is 2. The maximum atomic E-state index is 11.8. The van der Waals surface area contributed by atoms with Gasteiger partial charge in [0.2, 0.25) is 0 Å². The number of rotatable bonds is 6. The number of unbranched alkanes of at least 4 members (excludes halogenated alkanes) is 1. The monoisotopic (exact) mass is 278 g/mol. The molecular formula is C15H22N2O3. The van der Waals surface area contributed by atoms with E-state index in [0.29, 0.717) is 25.1 Å². The second kappa shape index (κ2) is 7.62. The SMILES string of the molecule is CC(C)(C)OC(=O)NCCCCC(=O)c1ccccn1. The Morgan fingerprint density at radius 3 is 2.60 bits per heavy atom. The summed E-state index contributed by atoms with van der Waals surface area (Å²) in [4.78, 5) is 27.1. The molecule has 5 nitrogen and oxygen atoms in total. The van der Waals surface area contributed by atoms with Crippen LogP contribution in [0.1, 0.15) is 50.5 Å². The highest BCUT2D eigenvalue weighted by atomic mass is 16.6. The van der Waals surface area contributed by atoms with Crippen LogP contribution in [0.15, 0.2) is 24.4 Å². The molecule has 0 fully saturated rings. The van der Waals surface area contributed by atoms with Crippen LogP contribution in [0.5, 0.6) is 0 Å². The van der Waals surface area contributed by atoms with Crippen LogP contribution in [0.4, 0.5) is 4.79 Å². The molecule has 0 unspecified atom stereocenters. The lowest BCUT2D eigenvalue weighted by Gasteiger charge is -2.19. The number of pyridine rings is 1. The molecule has 0 saturated heterocycles. The van der Waals surface area contributed by atoms with Crippen LogP contribution in [-0.2, 0) is 4.74 Å². The van der Waals surface area contributed by atoms with Crippen molar-refractivity contribution in [2.24, 2.45) is 0 Å². The molecule has 110 valence electrons. The summed E-state index contributed by atoms with van der Waals surface area (Å²) in [6.45, 7) is 5.96. The van der Waals surface area contributed by atoms with E-state index in [9.17, 15) is 9.59 Å². The Labute approximate surface area is 119 Å². The first-order valence-electron chi connectivity index (χ1n) is 6.79. The molecule has 1 amide bonds. The average molecular weight is 278 g/mol. The average Bonchev–Trinajstić information content (AvgIpc) is 2.37. The van der Waals surface area contributed by atoms with E-state index in [0.717, 1.165) is 6.42 Å². The molecule has 1 aromatic heterocycles. The van der Waals surface area contributed by atoms with Gasteiger partial charge >= 0.3 is 6.09 Å². The molecule has 1 heterocycles. The molecule has 0 bridgehead atoms. The number of hydrogen-bond acceptors (Lipinski definition) is 4. The van der Waals surface area contributed by atoms with Crippen molar-refractivity contribution >= 4 is 11.9 Å². The minimum atomic E-state index is -0.487. The maximum Gasteiger partial charge on any atom is 0.407 e. The molecule has 1 rings (SSSR count). The molecule has 0 saturated carbocycles. The van der Waals surface area contributed by atoms with Gasteiger partial charge in [0.1, 0.15) is 11.3 Å². The van der Waals surface area contributed by atoms with Crippen LogP contribution in [0.25, 0.3) is 0 Å². The molecule has 0 aromatic carbocycles. The van der Waals surface area contributed by atoms with Crippen molar-refractivity contribution in [2.75, 3.05) is 6.54 Å². The first-order valence-corrected chi connectivity index (χ1v) is 6.79. The fourth-order valence-corrected chi connectivity index (χ4v) is 1.57. The van der Waals surface area contributed by atoms with Gasteiger partial charge in [-0.05, 0) is 45.7 Å². The van der Waals surface area contributed by atoms with Gasteiger partial charge in [0.25, 0.3) is 0 Å². The van der Waals surface area contributed by atoms with Crippen molar-refractivity contribution in [1.82, 2.24) is 10.3 Å². The molecule has 0 aliphatic rings. The van der Waals surface area contributed by atoms with Gasteiger partial charge in [-0.3, -0.25) is 9.78 Å². The number of nitrogens with zero attached hydrogens (tertiary/aromatic N) is 1. The number of carbonyl (C=O) groups excluding carboxylic acids is 2. The zero-order valence-electron chi connectivity index (χ0n) is 12.3. The van der Waals surface area contributed by atoms with Crippen LogP contribution in [0, 0.1) is 0 Å². The highest BCUT2D eigenvalue weighted by Gasteiger charge is 2.15. The van der Waals surface area contributed by atoms with E-state index in [2.05, 4.69) is 10.3 Å². The van der Waals surface area contributed by atoms with E-state index in [1.807, 2.05) is 20.8 Å². The van der Waals surface area contributed by atoms with Gasteiger partial charge < -0.3 is 10.1 Å². The maximum absolute atomic E-state index is 11.8. The lowest BCUT2D eigenvalue weighted by atomic mass is 10.1. The number of Topliss-reactive ketones (excluding diaryl/α,β-unsaturated/α-hetero) is 1. The first-order chi connectivity index (χ1) is 9.38. The van der Waals surface area contributed by atoms with E-state index in [-0.39, 0.29) is 5.78 Å². The number of ether oxygens (including phenoxy) is 1. The summed E-state index contributed by atoms with van der Waals surface area (Å²) < 4.78 is 5.11. The Morgan fingerprint density at radius 2 is 2.00 bits per heavy atom. The van der Waals surface area contributed by atoms with Gasteiger partial charge in [0, 0.05) is 19.2 Å². The number of hydrogen-bond donors (Lipinski definition) is 1. The molecule has 20 heavy (non-hydrogen) atoms. The lowest BCUT2D eigenvalue weighted by molar-refractivity contribution is 0.0527. The normalized spacial score (nSPS) is 10.9. The Balaban J connectivity index is 2.14.